The van der Waals surface area contributed by atoms with E-state index in [1.54, 1.807) is 71.5 Å². The number of nitrogens with zero attached hydrogens (tertiary/aromatic N) is 2. The van der Waals surface area contributed by atoms with E-state index in [2.05, 4.69) is 10.3 Å². The molecule has 272 valence electrons. The Bertz CT molecular complexity index is 1970. The van der Waals surface area contributed by atoms with E-state index in [4.69, 9.17) is 26.8 Å². The predicted molar refractivity (Wildman–Crippen MR) is 192 cm³/mol. The molecule has 4 N–H and O–H groups in total. The first-order valence-electron chi connectivity index (χ1n) is 17.6. The van der Waals surface area contributed by atoms with E-state index in [-0.39, 0.29) is 55.1 Å². The highest BCUT2D eigenvalue weighted by Crippen LogP contribution is 2.37. The number of rotatable bonds is 12. The fraction of sp³-hybridized carbons (Fsp3) is 0.385. The van der Waals surface area contributed by atoms with Crippen molar-refractivity contribution in [2.45, 2.75) is 51.0 Å². The van der Waals surface area contributed by atoms with E-state index in [9.17, 15) is 23.6 Å². The van der Waals surface area contributed by atoms with Gasteiger partial charge in [-0.05, 0) is 91.3 Å². The summed E-state index contributed by atoms with van der Waals surface area (Å²) in [5, 5.41) is 4.27. The topological polar surface area (TPSA) is 147 Å². The van der Waals surface area contributed by atoms with Gasteiger partial charge in [0.15, 0.2) is 0 Å². The Morgan fingerprint density at radius 2 is 1.71 bits per heavy atom. The number of benzene rings is 3. The van der Waals surface area contributed by atoms with Crippen LogP contribution < -0.4 is 15.8 Å². The molecule has 0 bridgehead atoms. The third-order valence-electron chi connectivity index (χ3n) is 10.4. The molecule has 4 amide bonds. The van der Waals surface area contributed by atoms with Gasteiger partial charge in [-0.25, -0.2) is 4.39 Å². The summed E-state index contributed by atoms with van der Waals surface area (Å²) < 4.78 is 25.1. The van der Waals surface area contributed by atoms with Gasteiger partial charge in [-0.15, -0.1) is 0 Å². The molecule has 13 heteroatoms. The van der Waals surface area contributed by atoms with Crippen molar-refractivity contribution < 1.29 is 33.0 Å². The summed E-state index contributed by atoms with van der Waals surface area (Å²) in [5.74, 6) is -2.41. The highest BCUT2D eigenvalue weighted by atomic mass is 35.5. The van der Waals surface area contributed by atoms with Gasteiger partial charge in [-0.1, -0.05) is 29.8 Å². The van der Waals surface area contributed by atoms with Crippen LogP contribution in [0.5, 0.6) is 5.75 Å². The quantitative estimate of drug-likeness (QED) is 0.196. The minimum atomic E-state index is -1.17. The van der Waals surface area contributed by atoms with Crippen molar-refractivity contribution in [3.63, 3.8) is 0 Å². The number of carbonyl (C=O) groups is 4. The summed E-state index contributed by atoms with van der Waals surface area (Å²) in [6.07, 6.45) is 3.38. The zero-order valence-corrected chi connectivity index (χ0v) is 29.5. The molecule has 1 aliphatic carbocycles. The fourth-order valence-electron chi connectivity index (χ4n) is 7.32. The van der Waals surface area contributed by atoms with E-state index < -0.39 is 29.9 Å². The van der Waals surface area contributed by atoms with Crippen molar-refractivity contribution in [2.75, 3.05) is 26.2 Å². The van der Waals surface area contributed by atoms with Crippen LogP contribution in [0.2, 0.25) is 5.02 Å². The molecule has 0 radical (unpaired) electrons. The van der Waals surface area contributed by atoms with Crippen LogP contribution in [0.25, 0.3) is 10.9 Å². The molecule has 0 spiro atoms. The number of nitrogens with one attached hydrogen (secondary N) is 2. The molecule has 1 aromatic heterocycles. The standard InChI is InChI=1S/C39H41ClFN5O6/c1-22(51-21-23-2-7-28(41)8-3-23)36(37(42)48)44-38(49)33-20-45(35(47)14-25-16-43-34-15-27(40)6-13-31(25)34)17-26-18-46(19-32(26)33)39(50)24-4-9-29(10-5-24)52-30-11-12-30/h2-10,13,15-16,22,26,30,32-33,36,43H,11-12,14,17-21H2,1H3,(H2,42,48)(H,44,49)/t22-,26?,32?,33?,36+/m0/s1. The summed E-state index contributed by atoms with van der Waals surface area (Å²) in [6.45, 7) is 2.85. The minimum Gasteiger partial charge on any atom is -0.490 e. The molecule has 3 aliphatic rings. The van der Waals surface area contributed by atoms with Crippen molar-refractivity contribution in [3.05, 3.63) is 100 Å². The summed E-state index contributed by atoms with van der Waals surface area (Å²) >= 11 is 6.16. The van der Waals surface area contributed by atoms with Crippen molar-refractivity contribution >= 4 is 46.1 Å². The van der Waals surface area contributed by atoms with Crippen molar-refractivity contribution in [3.8, 4) is 5.75 Å². The second kappa shape index (κ2) is 15.0. The van der Waals surface area contributed by atoms with Crippen LogP contribution in [0.4, 0.5) is 4.39 Å². The third-order valence-corrected chi connectivity index (χ3v) is 10.6. The van der Waals surface area contributed by atoms with E-state index in [1.807, 2.05) is 6.07 Å². The molecule has 3 aromatic carbocycles. The molecule has 2 aliphatic heterocycles. The average Bonchev–Trinajstić information content (AvgIpc) is 3.70. The number of hydrogen-bond acceptors (Lipinski definition) is 6. The number of primary amides is 1. The molecule has 2 saturated heterocycles. The Morgan fingerprint density at radius 3 is 2.42 bits per heavy atom. The van der Waals surface area contributed by atoms with E-state index in [0.717, 1.165) is 35.1 Å². The number of piperidine rings is 1. The Morgan fingerprint density at radius 1 is 0.981 bits per heavy atom. The smallest absolute Gasteiger partial charge is 0.253 e. The molecule has 3 heterocycles. The van der Waals surface area contributed by atoms with Gasteiger partial charge in [0, 0.05) is 53.9 Å². The zero-order valence-electron chi connectivity index (χ0n) is 28.7. The Hall–Kier alpha value is -4.94. The monoisotopic (exact) mass is 729 g/mol. The van der Waals surface area contributed by atoms with Gasteiger partial charge in [0.25, 0.3) is 5.91 Å². The third kappa shape index (κ3) is 7.93. The van der Waals surface area contributed by atoms with Crippen LogP contribution >= 0.6 is 11.6 Å². The predicted octanol–water partition coefficient (Wildman–Crippen LogP) is 4.47. The Balaban J connectivity index is 1.08. The number of nitrogens with two attached hydrogens (primary N) is 1. The molecule has 5 atom stereocenters. The van der Waals surface area contributed by atoms with Gasteiger partial charge in [0.1, 0.15) is 17.6 Å². The molecule has 7 rings (SSSR count). The van der Waals surface area contributed by atoms with Gasteiger partial charge >= 0.3 is 0 Å². The van der Waals surface area contributed by atoms with E-state index in [0.29, 0.717) is 35.8 Å². The SMILES string of the molecule is C[C@H](OCc1ccc(F)cc1)[C@@H](NC(=O)C1CN(C(=O)Cc2c[nH]c3cc(Cl)ccc23)CC2CN(C(=O)c3ccc(OC4CC4)cc3)CC21)C(N)=O. The summed E-state index contributed by atoms with van der Waals surface area (Å²) in [6, 6.07) is 17.1. The fourth-order valence-corrected chi connectivity index (χ4v) is 7.50. The highest BCUT2D eigenvalue weighted by Gasteiger charge is 2.48. The van der Waals surface area contributed by atoms with Crippen molar-refractivity contribution in [2.24, 2.45) is 23.5 Å². The number of ether oxygens (including phenoxy) is 2. The van der Waals surface area contributed by atoms with Gasteiger partial charge in [-0.2, -0.15) is 0 Å². The van der Waals surface area contributed by atoms with Crippen LogP contribution in [-0.4, -0.2) is 82.8 Å². The zero-order chi connectivity index (χ0) is 36.5. The van der Waals surface area contributed by atoms with Gasteiger partial charge < -0.3 is 35.3 Å². The normalized spacial score (nSPS) is 21.0. The molecule has 11 nitrogen and oxygen atoms in total. The molecule has 3 fully saturated rings. The lowest BCUT2D eigenvalue weighted by molar-refractivity contribution is -0.141. The van der Waals surface area contributed by atoms with Crippen LogP contribution in [0.15, 0.2) is 72.9 Å². The first kappa shape index (κ1) is 35.5. The number of fused-ring (bicyclic) bond motifs is 2. The number of H-pyrrole nitrogens is 1. The number of aromatic amines is 1. The maximum Gasteiger partial charge on any atom is 0.253 e. The second-order valence-corrected chi connectivity index (χ2v) is 14.5. The number of aromatic nitrogens is 1. The van der Waals surface area contributed by atoms with Crippen molar-refractivity contribution in [1.29, 1.82) is 0 Å². The number of amides is 4. The number of halogens is 2. The molecule has 1 saturated carbocycles. The van der Waals surface area contributed by atoms with Crippen LogP contribution in [0, 0.1) is 23.6 Å². The van der Waals surface area contributed by atoms with E-state index in [1.165, 1.54) is 12.1 Å². The molecular formula is C39H41ClFN5O6. The highest BCUT2D eigenvalue weighted by molar-refractivity contribution is 6.31. The van der Waals surface area contributed by atoms with E-state index >= 15 is 0 Å². The van der Waals surface area contributed by atoms with Crippen LogP contribution in [0.3, 0.4) is 0 Å². The molecule has 52 heavy (non-hydrogen) atoms. The molecule has 3 unspecified atom stereocenters. The largest absolute Gasteiger partial charge is 0.490 e. The first-order valence-corrected chi connectivity index (χ1v) is 17.9. The second-order valence-electron chi connectivity index (χ2n) is 14.1. The Kier molecular flexibility index (Phi) is 10.2. The maximum atomic E-state index is 14.2. The number of likely N-dealkylation sites (tertiary alicyclic amines) is 2. The average molecular weight is 730 g/mol. The van der Waals surface area contributed by atoms with Crippen LogP contribution in [-0.2, 0) is 32.1 Å². The number of hydrogen-bond donors (Lipinski definition) is 3. The lowest BCUT2D eigenvalue weighted by atomic mass is 9.79. The lowest BCUT2D eigenvalue weighted by Crippen LogP contribution is -2.58. The first-order chi connectivity index (χ1) is 25.0. The maximum absolute atomic E-state index is 14.2. The molecule has 4 aromatic rings. The van der Waals surface area contributed by atoms with Crippen LogP contribution in [0.1, 0.15) is 41.3 Å². The Labute approximate surface area is 305 Å². The minimum absolute atomic E-state index is 0.0717. The number of carbonyl (C=O) groups excluding carboxylic acids is 4. The summed E-state index contributed by atoms with van der Waals surface area (Å²) in [4.78, 5) is 61.0. The lowest BCUT2D eigenvalue weighted by Gasteiger charge is -2.40. The van der Waals surface area contributed by atoms with Crippen molar-refractivity contribution in [1.82, 2.24) is 20.1 Å². The summed E-state index contributed by atoms with van der Waals surface area (Å²) in [7, 11) is 0. The van der Waals surface area contributed by atoms with Gasteiger partial charge in [0.05, 0.1) is 31.2 Å². The molecular weight excluding hydrogens is 689 g/mol. The summed E-state index contributed by atoms with van der Waals surface area (Å²) in [5.41, 5.74) is 8.58. The van der Waals surface area contributed by atoms with Gasteiger partial charge in [0.2, 0.25) is 17.7 Å². The van der Waals surface area contributed by atoms with Gasteiger partial charge in [-0.3, -0.25) is 19.2 Å².